The van der Waals surface area contributed by atoms with Crippen LogP contribution in [0.25, 0.3) is 0 Å². The Kier molecular flexibility index (Phi) is 8.74. The molecule has 4 amide bonds. The molecule has 4 aromatic rings. The van der Waals surface area contributed by atoms with Crippen molar-refractivity contribution in [3.8, 4) is 5.75 Å². The van der Waals surface area contributed by atoms with Crippen LogP contribution in [0.15, 0.2) is 94.9 Å². The van der Waals surface area contributed by atoms with Gasteiger partial charge in [-0.05, 0) is 84.4 Å². The number of aliphatic hydroxyl groups excluding tert-OH is 1. The topological polar surface area (TPSA) is 170 Å². The molecule has 4 N–H and O–H groups in total. The van der Waals surface area contributed by atoms with Gasteiger partial charge < -0.3 is 24.3 Å². The van der Waals surface area contributed by atoms with Crippen molar-refractivity contribution in [1.29, 1.82) is 0 Å². The monoisotopic (exact) mass is 755 g/mol. The Hall–Kier alpha value is -4.92. The number of nitrogens with zero attached hydrogens (tertiary/aromatic N) is 2. The van der Waals surface area contributed by atoms with E-state index < -0.39 is 72.4 Å². The maximum absolute atomic E-state index is 15.3. The number of furan rings is 1. The Balaban J connectivity index is 1.30. The number of hydrogen-bond acceptors (Lipinski definition) is 10. The van der Waals surface area contributed by atoms with E-state index in [1.165, 1.54) is 31.4 Å². The Bertz CT molecular complexity index is 2210. The van der Waals surface area contributed by atoms with Crippen molar-refractivity contribution in [1.82, 2.24) is 5.01 Å². The fraction of sp³-hybridized carbons (Fsp3) is 0.263. The standard InChI is InChI=1S/C38H32BCl2N3O9/c1-52-23-8-5-19(6-9-23)38-28(35(47)44(37(38)49)42-30-13-7-21(40)16-29(30)41)17-27-25(33(38)31-14-10-24(18-45)53-31)11-12-26-32(27)36(48)43(34(26)46)22-4-2-3-20(15-22)39(50)51/h2-11,13-16,26-28,32-33,42,45,50-51H,12,17-18H2,1H3. The third kappa shape index (κ3) is 5.32. The van der Waals surface area contributed by atoms with Crippen LogP contribution in [0, 0.1) is 23.7 Å². The minimum Gasteiger partial charge on any atom is -0.497 e. The normalized spacial score (nSPS) is 26.3. The van der Waals surface area contributed by atoms with Crippen LogP contribution in [0.1, 0.15) is 35.8 Å². The molecule has 12 nitrogen and oxygen atoms in total. The first-order valence-corrected chi connectivity index (χ1v) is 17.7. The van der Waals surface area contributed by atoms with E-state index in [0.29, 0.717) is 27.7 Å². The van der Waals surface area contributed by atoms with Crippen molar-refractivity contribution >= 4 is 70.8 Å². The molecule has 4 aliphatic rings. The molecule has 2 aliphatic carbocycles. The van der Waals surface area contributed by atoms with Crippen molar-refractivity contribution in [2.24, 2.45) is 23.7 Å². The lowest BCUT2D eigenvalue weighted by molar-refractivity contribution is -0.138. The number of ether oxygens (including phenoxy) is 1. The minimum atomic E-state index is -1.81. The Labute approximate surface area is 313 Å². The van der Waals surface area contributed by atoms with Gasteiger partial charge in [0.25, 0.3) is 11.8 Å². The van der Waals surface area contributed by atoms with E-state index in [2.05, 4.69) is 5.43 Å². The number of benzene rings is 3. The van der Waals surface area contributed by atoms with Crippen LogP contribution in [0.5, 0.6) is 5.75 Å². The van der Waals surface area contributed by atoms with Gasteiger partial charge in [-0.3, -0.25) is 29.5 Å². The van der Waals surface area contributed by atoms with Crippen LogP contribution in [0.2, 0.25) is 10.0 Å². The minimum absolute atomic E-state index is 0.0302. The number of hydrazine groups is 1. The first-order valence-electron chi connectivity index (χ1n) is 17.0. The van der Waals surface area contributed by atoms with Crippen molar-refractivity contribution < 1.29 is 43.5 Å². The van der Waals surface area contributed by atoms with Gasteiger partial charge in [-0.1, -0.05) is 59.1 Å². The first kappa shape index (κ1) is 35.1. The number of amides is 4. The largest absolute Gasteiger partial charge is 0.497 e. The predicted molar refractivity (Wildman–Crippen MR) is 194 cm³/mol. The summed E-state index contributed by atoms with van der Waals surface area (Å²) in [7, 11) is -0.296. The number of nitrogens with one attached hydrogen (secondary N) is 1. The average Bonchev–Trinajstić information content (AvgIpc) is 3.80. The van der Waals surface area contributed by atoms with Crippen LogP contribution in [-0.2, 0) is 31.2 Å². The molecular formula is C38H32BCl2N3O9. The van der Waals surface area contributed by atoms with Gasteiger partial charge in [0.05, 0.1) is 47.2 Å². The zero-order chi connectivity index (χ0) is 37.3. The van der Waals surface area contributed by atoms with Crippen LogP contribution >= 0.6 is 23.2 Å². The summed E-state index contributed by atoms with van der Waals surface area (Å²) in [5.41, 5.74) is 3.05. The second-order valence-electron chi connectivity index (χ2n) is 13.7. The second kappa shape index (κ2) is 13.2. The average molecular weight is 756 g/mol. The Morgan fingerprint density at radius 1 is 0.943 bits per heavy atom. The number of carbonyl (C=O) groups excluding carboxylic acids is 4. The molecule has 6 unspecified atom stereocenters. The molecule has 3 fully saturated rings. The van der Waals surface area contributed by atoms with Crippen LogP contribution < -0.4 is 20.5 Å². The molecule has 53 heavy (non-hydrogen) atoms. The maximum Gasteiger partial charge on any atom is 0.488 e. The number of hydrogen-bond donors (Lipinski definition) is 4. The zero-order valence-electron chi connectivity index (χ0n) is 28.1. The molecule has 0 bridgehead atoms. The highest BCUT2D eigenvalue weighted by atomic mass is 35.5. The predicted octanol–water partition coefficient (Wildman–Crippen LogP) is 3.96. The van der Waals surface area contributed by atoms with Gasteiger partial charge in [0.15, 0.2) is 0 Å². The van der Waals surface area contributed by atoms with E-state index in [1.807, 2.05) is 6.08 Å². The molecule has 0 radical (unpaired) electrons. The lowest BCUT2D eigenvalue weighted by atomic mass is 9.50. The third-order valence-electron chi connectivity index (χ3n) is 11.1. The number of imide groups is 2. The van der Waals surface area contributed by atoms with E-state index in [-0.39, 0.29) is 40.5 Å². The molecule has 270 valence electrons. The van der Waals surface area contributed by atoms with E-state index in [0.717, 1.165) is 9.91 Å². The number of anilines is 2. The summed E-state index contributed by atoms with van der Waals surface area (Å²) in [5.74, 6) is -5.41. The molecule has 6 atom stereocenters. The van der Waals surface area contributed by atoms with E-state index >= 15 is 4.79 Å². The first-order chi connectivity index (χ1) is 25.5. The Morgan fingerprint density at radius 2 is 1.72 bits per heavy atom. The fourth-order valence-corrected chi connectivity index (χ4v) is 9.32. The van der Waals surface area contributed by atoms with Crippen molar-refractivity contribution in [2.45, 2.75) is 30.8 Å². The summed E-state index contributed by atoms with van der Waals surface area (Å²) in [6.07, 6.45) is 2.08. The smallest absolute Gasteiger partial charge is 0.488 e. The number of carbonyl (C=O) groups is 4. The number of halogens is 2. The van der Waals surface area contributed by atoms with Gasteiger partial charge in [0.2, 0.25) is 11.8 Å². The van der Waals surface area contributed by atoms with Crippen molar-refractivity contribution in [3.05, 3.63) is 118 Å². The summed E-state index contributed by atoms with van der Waals surface area (Å²) in [5, 5.41) is 31.1. The SMILES string of the molecule is COc1ccc(C23C(=O)N(Nc4ccc(Cl)cc4Cl)C(=O)C2CC2C(=CCC4C(=O)N(c5cccc(B(O)O)c5)C(=O)C42)C3c2ccc(CO)o2)cc1. The molecule has 2 aliphatic heterocycles. The number of allylic oxidation sites excluding steroid dienone is 2. The highest BCUT2D eigenvalue weighted by Crippen LogP contribution is 2.64. The second-order valence-corrected chi connectivity index (χ2v) is 14.5. The zero-order valence-corrected chi connectivity index (χ0v) is 29.6. The van der Waals surface area contributed by atoms with E-state index in [9.17, 15) is 29.5 Å². The van der Waals surface area contributed by atoms with E-state index in [1.54, 1.807) is 54.6 Å². The summed E-state index contributed by atoms with van der Waals surface area (Å²) in [6, 6.07) is 20.7. The summed E-state index contributed by atoms with van der Waals surface area (Å²) in [6.45, 7) is -0.419. The van der Waals surface area contributed by atoms with Gasteiger partial charge in [-0.2, -0.15) is 5.01 Å². The maximum atomic E-state index is 15.3. The van der Waals surface area contributed by atoms with Gasteiger partial charge in [-0.25, -0.2) is 0 Å². The number of fused-ring (bicyclic) bond motifs is 4. The van der Waals surface area contributed by atoms with Gasteiger partial charge in [-0.15, -0.1) is 0 Å². The summed E-state index contributed by atoms with van der Waals surface area (Å²) in [4.78, 5) is 59.7. The lowest BCUT2D eigenvalue weighted by Crippen LogP contribution is -2.53. The van der Waals surface area contributed by atoms with Crippen molar-refractivity contribution in [2.75, 3.05) is 17.4 Å². The van der Waals surface area contributed by atoms with Crippen LogP contribution in [0.4, 0.5) is 11.4 Å². The fourth-order valence-electron chi connectivity index (χ4n) is 8.87. The molecule has 0 spiro atoms. The summed E-state index contributed by atoms with van der Waals surface area (Å²) < 4.78 is 11.6. The molecule has 8 rings (SSSR count). The third-order valence-corrected chi connectivity index (χ3v) is 11.7. The van der Waals surface area contributed by atoms with Crippen LogP contribution in [-0.4, -0.2) is 58.0 Å². The molecular weight excluding hydrogens is 724 g/mol. The van der Waals surface area contributed by atoms with Gasteiger partial charge in [0, 0.05) is 5.02 Å². The number of methoxy groups -OCH3 is 1. The summed E-state index contributed by atoms with van der Waals surface area (Å²) >= 11 is 12.6. The van der Waals surface area contributed by atoms with Gasteiger partial charge >= 0.3 is 7.12 Å². The van der Waals surface area contributed by atoms with Crippen molar-refractivity contribution in [3.63, 3.8) is 0 Å². The quantitative estimate of drug-likeness (QED) is 0.117. The number of aliphatic hydroxyl groups is 1. The molecule has 2 saturated heterocycles. The number of rotatable bonds is 8. The van der Waals surface area contributed by atoms with Gasteiger partial charge in [0.1, 0.15) is 29.3 Å². The molecule has 1 saturated carbocycles. The Morgan fingerprint density at radius 3 is 2.40 bits per heavy atom. The lowest BCUT2D eigenvalue weighted by Gasteiger charge is -2.49. The molecule has 3 aromatic carbocycles. The molecule has 3 heterocycles. The highest BCUT2D eigenvalue weighted by molar-refractivity contribution is 6.58. The van der Waals surface area contributed by atoms with Crippen LogP contribution in [0.3, 0.4) is 0 Å². The molecule has 15 heteroatoms. The highest BCUT2D eigenvalue weighted by Gasteiger charge is 2.71. The van der Waals surface area contributed by atoms with E-state index in [4.69, 9.17) is 32.4 Å². The molecule has 1 aromatic heterocycles.